The van der Waals surface area contributed by atoms with E-state index in [4.69, 9.17) is 5.73 Å². The van der Waals surface area contributed by atoms with E-state index >= 15 is 0 Å². The van der Waals surface area contributed by atoms with E-state index in [0.717, 1.165) is 5.33 Å². The van der Waals surface area contributed by atoms with Gasteiger partial charge in [-0.25, -0.2) is 4.98 Å². The minimum absolute atomic E-state index is 0.0495. The van der Waals surface area contributed by atoms with Crippen LogP contribution in [0.1, 0.15) is 6.42 Å². The lowest BCUT2D eigenvalue weighted by Gasteiger charge is -2.15. The highest BCUT2D eigenvalue weighted by Crippen LogP contribution is 2.28. The molecule has 0 aliphatic carbocycles. The van der Waals surface area contributed by atoms with Crippen molar-refractivity contribution in [3.05, 3.63) is 6.33 Å². The minimum Gasteiger partial charge on any atom is -0.368 e. The van der Waals surface area contributed by atoms with Crippen LogP contribution in [0.5, 0.6) is 0 Å². The first-order valence-corrected chi connectivity index (χ1v) is 6.64. The van der Waals surface area contributed by atoms with Gasteiger partial charge < -0.3 is 10.7 Å². The molecule has 0 bridgehead atoms. The highest BCUT2D eigenvalue weighted by molar-refractivity contribution is 9.09. The summed E-state index contributed by atoms with van der Waals surface area (Å²) in [7, 11) is 0. The number of nitrogen functional groups attached to an aromatic ring is 1. The van der Waals surface area contributed by atoms with Crippen LogP contribution in [-0.4, -0.2) is 37.7 Å². The number of aromatic amines is 1. The Balaban J connectivity index is 2.09. The monoisotopic (exact) mass is 310 g/mol. The minimum atomic E-state index is 0.0495. The molecule has 1 fully saturated rings. The van der Waals surface area contributed by atoms with E-state index in [2.05, 4.69) is 35.9 Å². The number of aromatic nitrogens is 4. The highest BCUT2D eigenvalue weighted by Gasteiger charge is 2.32. The van der Waals surface area contributed by atoms with Crippen LogP contribution < -0.4 is 10.6 Å². The Morgan fingerprint density at radius 3 is 3.11 bits per heavy atom. The van der Waals surface area contributed by atoms with Gasteiger partial charge in [-0.3, -0.25) is 9.69 Å². The van der Waals surface area contributed by atoms with Crippen molar-refractivity contribution in [3.8, 4) is 0 Å². The molecule has 0 saturated carbocycles. The first-order chi connectivity index (χ1) is 8.69. The third-order valence-corrected chi connectivity index (χ3v) is 3.88. The van der Waals surface area contributed by atoms with Gasteiger partial charge >= 0.3 is 0 Å². The number of halogens is 1. The predicted molar refractivity (Wildman–Crippen MR) is 70.4 cm³/mol. The summed E-state index contributed by atoms with van der Waals surface area (Å²) in [6, 6.07) is 0. The Morgan fingerprint density at radius 1 is 1.56 bits per heavy atom. The van der Waals surface area contributed by atoms with Gasteiger partial charge in [0.2, 0.25) is 11.9 Å². The molecule has 1 amide bonds. The number of hydrogen-bond donors (Lipinski definition) is 2. The molecule has 18 heavy (non-hydrogen) atoms. The van der Waals surface area contributed by atoms with Gasteiger partial charge in [0, 0.05) is 18.3 Å². The molecule has 1 aliphatic heterocycles. The first kappa shape index (κ1) is 11.4. The second kappa shape index (κ2) is 4.20. The molecule has 1 saturated heterocycles. The fraction of sp³-hybridized carbons (Fsp3) is 0.400. The largest absolute Gasteiger partial charge is 0.368 e. The summed E-state index contributed by atoms with van der Waals surface area (Å²) < 4.78 is 0. The van der Waals surface area contributed by atoms with Crippen LogP contribution in [0.4, 0.5) is 11.8 Å². The number of imidazole rings is 1. The summed E-state index contributed by atoms with van der Waals surface area (Å²) in [4.78, 5) is 28.8. The molecule has 3 rings (SSSR count). The Bertz CT molecular complexity index is 611. The number of nitrogens with zero attached hydrogens (tertiary/aromatic N) is 4. The average Bonchev–Trinajstić information content (AvgIpc) is 2.94. The van der Waals surface area contributed by atoms with E-state index in [0.29, 0.717) is 35.9 Å². The van der Waals surface area contributed by atoms with Crippen molar-refractivity contribution in [2.45, 2.75) is 6.42 Å². The summed E-state index contributed by atoms with van der Waals surface area (Å²) in [6.07, 6.45) is 2.04. The summed E-state index contributed by atoms with van der Waals surface area (Å²) >= 11 is 3.40. The third-order valence-electron chi connectivity index (χ3n) is 2.96. The van der Waals surface area contributed by atoms with Crippen LogP contribution in [0, 0.1) is 5.92 Å². The zero-order chi connectivity index (χ0) is 12.7. The molecule has 2 aromatic rings. The predicted octanol–water partition coefficient (Wildman–Crippen LogP) is 0.683. The Kier molecular flexibility index (Phi) is 2.66. The van der Waals surface area contributed by atoms with Crippen LogP contribution in [0.25, 0.3) is 11.2 Å². The molecule has 7 nitrogen and oxygen atoms in total. The number of nitrogens with one attached hydrogen (secondary N) is 1. The third kappa shape index (κ3) is 1.72. The fourth-order valence-corrected chi connectivity index (χ4v) is 2.55. The summed E-state index contributed by atoms with van der Waals surface area (Å²) in [5, 5.41) is 0.794. The molecule has 2 aromatic heterocycles. The summed E-state index contributed by atoms with van der Waals surface area (Å²) in [5.41, 5.74) is 6.77. The zero-order valence-corrected chi connectivity index (χ0v) is 11.0. The van der Waals surface area contributed by atoms with E-state index in [1.165, 1.54) is 6.33 Å². The highest BCUT2D eigenvalue weighted by atomic mass is 79.9. The molecule has 3 N–H and O–H groups in total. The van der Waals surface area contributed by atoms with Crippen molar-refractivity contribution < 1.29 is 4.79 Å². The number of nitrogens with two attached hydrogens (primary N) is 1. The van der Waals surface area contributed by atoms with E-state index in [-0.39, 0.29) is 11.9 Å². The lowest BCUT2D eigenvalue weighted by Crippen LogP contribution is -2.26. The van der Waals surface area contributed by atoms with Crippen LogP contribution in [0.2, 0.25) is 0 Å². The quantitative estimate of drug-likeness (QED) is 0.794. The Morgan fingerprint density at radius 2 is 2.39 bits per heavy atom. The van der Waals surface area contributed by atoms with E-state index in [1.807, 2.05) is 0 Å². The molecular formula is C10H11BrN6O. The number of hydrogen-bond acceptors (Lipinski definition) is 5. The normalized spacial score (nSPS) is 19.9. The van der Waals surface area contributed by atoms with Crippen LogP contribution >= 0.6 is 15.9 Å². The van der Waals surface area contributed by atoms with Crippen molar-refractivity contribution in [2.75, 3.05) is 22.5 Å². The van der Waals surface area contributed by atoms with Crippen LogP contribution in [0.3, 0.4) is 0 Å². The summed E-state index contributed by atoms with van der Waals surface area (Å²) in [6.45, 7) is 0.634. The van der Waals surface area contributed by atoms with Crippen LogP contribution in [-0.2, 0) is 4.79 Å². The maximum Gasteiger partial charge on any atom is 0.228 e. The molecular weight excluding hydrogens is 300 g/mol. The standard InChI is InChI=1S/C10H11BrN6O/c11-2-5-1-6(18)17(3-5)9-7-8(14-4-13-7)15-10(12)16-9/h4-5H,1-3H2,(H3,12,13,14,15,16). The van der Waals surface area contributed by atoms with Gasteiger partial charge in [-0.15, -0.1) is 0 Å². The molecule has 3 heterocycles. The van der Waals surface area contributed by atoms with Gasteiger partial charge in [0.15, 0.2) is 11.5 Å². The maximum absolute atomic E-state index is 12.0. The number of fused-ring (bicyclic) bond motifs is 1. The molecule has 8 heteroatoms. The van der Waals surface area contributed by atoms with Gasteiger partial charge in [0.05, 0.1) is 6.33 Å². The number of amides is 1. The van der Waals surface area contributed by atoms with E-state index < -0.39 is 0 Å². The number of rotatable bonds is 2. The molecule has 0 spiro atoms. The molecule has 1 unspecified atom stereocenters. The molecule has 1 atom stereocenters. The lowest BCUT2D eigenvalue weighted by atomic mass is 10.2. The van der Waals surface area contributed by atoms with Crippen molar-refractivity contribution in [3.63, 3.8) is 0 Å². The van der Waals surface area contributed by atoms with Crippen molar-refractivity contribution in [1.29, 1.82) is 0 Å². The van der Waals surface area contributed by atoms with E-state index in [1.54, 1.807) is 4.90 Å². The number of H-pyrrole nitrogens is 1. The van der Waals surface area contributed by atoms with Crippen molar-refractivity contribution in [1.82, 2.24) is 19.9 Å². The molecule has 0 aromatic carbocycles. The van der Waals surface area contributed by atoms with E-state index in [9.17, 15) is 4.79 Å². The molecule has 0 radical (unpaired) electrons. The average molecular weight is 311 g/mol. The number of carbonyl (C=O) groups excluding carboxylic acids is 1. The van der Waals surface area contributed by atoms with Crippen molar-refractivity contribution >= 4 is 44.8 Å². The maximum atomic E-state index is 12.0. The Labute approximate surface area is 111 Å². The lowest BCUT2D eigenvalue weighted by molar-refractivity contribution is -0.117. The van der Waals surface area contributed by atoms with Gasteiger partial charge in [-0.05, 0) is 5.92 Å². The SMILES string of the molecule is Nc1nc(N2CC(CBr)CC2=O)c2[nH]cnc2n1. The van der Waals surface area contributed by atoms with Crippen LogP contribution in [0.15, 0.2) is 6.33 Å². The van der Waals surface area contributed by atoms with Gasteiger partial charge in [-0.2, -0.15) is 9.97 Å². The number of carbonyl (C=O) groups is 1. The number of anilines is 2. The first-order valence-electron chi connectivity index (χ1n) is 5.52. The topological polar surface area (TPSA) is 101 Å². The van der Waals surface area contributed by atoms with Gasteiger partial charge in [-0.1, -0.05) is 15.9 Å². The van der Waals surface area contributed by atoms with Gasteiger partial charge in [0.1, 0.15) is 5.52 Å². The fourth-order valence-electron chi connectivity index (χ4n) is 2.12. The zero-order valence-electron chi connectivity index (χ0n) is 9.43. The van der Waals surface area contributed by atoms with Gasteiger partial charge in [0.25, 0.3) is 0 Å². The second-order valence-electron chi connectivity index (χ2n) is 4.24. The smallest absolute Gasteiger partial charge is 0.228 e. The summed E-state index contributed by atoms with van der Waals surface area (Å²) in [5.74, 6) is 0.989. The molecule has 1 aliphatic rings. The molecule has 94 valence electrons. The second-order valence-corrected chi connectivity index (χ2v) is 4.88. The van der Waals surface area contributed by atoms with Crippen molar-refractivity contribution in [2.24, 2.45) is 5.92 Å². The Hall–Kier alpha value is -1.70. The number of alkyl halides is 1.